The van der Waals surface area contributed by atoms with Gasteiger partial charge in [0, 0.05) is 18.4 Å². The fourth-order valence-corrected chi connectivity index (χ4v) is 1.60. The largest absolute Gasteiger partial charge is 0.360 e. The van der Waals surface area contributed by atoms with Crippen molar-refractivity contribution in [3.8, 4) is 6.07 Å². The van der Waals surface area contributed by atoms with Gasteiger partial charge in [0.2, 0.25) is 0 Å². The molecule has 0 saturated carbocycles. The second-order valence-corrected chi connectivity index (χ2v) is 4.08. The van der Waals surface area contributed by atoms with E-state index in [4.69, 9.17) is 5.26 Å². The molecule has 0 aliphatic rings. The molecule has 2 N–H and O–H groups in total. The summed E-state index contributed by atoms with van der Waals surface area (Å²) < 4.78 is 0. The van der Waals surface area contributed by atoms with Gasteiger partial charge in [-0.05, 0) is 24.5 Å². The van der Waals surface area contributed by atoms with E-state index in [2.05, 4.69) is 17.6 Å². The summed E-state index contributed by atoms with van der Waals surface area (Å²) in [5.41, 5.74) is 2.14. The van der Waals surface area contributed by atoms with Gasteiger partial charge in [-0.1, -0.05) is 32.0 Å². The van der Waals surface area contributed by atoms with E-state index in [-0.39, 0.29) is 11.5 Å². The van der Waals surface area contributed by atoms with E-state index in [0.717, 1.165) is 24.1 Å². The first-order valence-corrected chi connectivity index (χ1v) is 6.45. The number of nitrogens with one attached hydrogen (secondary N) is 2. The molecule has 0 radical (unpaired) electrons. The number of hydrogen-bond acceptors (Lipinski definition) is 3. The van der Waals surface area contributed by atoms with E-state index in [1.165, 1.54) is 6.20 Å². The van der Waals surface area contributed by atoms with Crippen molar-refractivity contribution in [1.82, 2.24) is 5.32 Å². The number of nitriles is 1. The second-order valence-electron chi connectivity index (χ2n) is 4.08. The lowest BCUT2D eigenvalue weighted by Gasteiger charge is -2.07. The summed E-state index contributed by atoms with van der Waals surface area (Å²) in [7, 11) is 0. The molecule has 0 saturated heterocycles. The molecule has 0 aromatic heterocycles. The Morgan fingerprint density at radius 3 is 2.74 bits per heavy atom. The normalized spacial score (nSPS) is 10.7. The Morgan fingerprint density at radius 1 is 1.37 bits per heavy atom. The molecule has 0 heterocycles. The molecule has 0 spiro atoms. The lowest BCUT2D eigenvalue weighted by Crippen LogP contribution is -2.25. The Kier molecular flexibility index (Phi) is 6.17. The number of rotatable bonds is 6. The zero-order valence-electron chi connectivity index (χ0n) is 11.4. The number of carbonyl (C=O) groups excluding carboxylic acids is 1. The Labute approximate surface area is 114 Å². The highest BCUT2D eigenvalue weighted by Gasteiger charge is 2.07. The van der Waals surface area contributed by atoms with E-state index in [1.54, 1.807) is 0 Å². The van der Waals surface area contributed by atoms with Gasteiger partial charge in [0.25, 0.3) is 5.91 Å². The predicted octanol–water partition coefficient (Wildman–Crippen LogP) is 2.59. The van der Waals surface area contributed by atoms with Crippen molar-refractivity contribution in [3.05, 3.63) is 41.6 Å². The third-order valence-corrected chi connectivity index (χ3v) is 2.67. The van der Waals surface area contributed by atoms with E-state index in [0.29, 0.717) is 6.54 Å². The molecule has 4 nitrogen and oxygen atoms in total. The Balaban J connectivity index is 2.77. The quantitative estimate of drug-likeness (QED) is 0.608. The molecular formula is C15H19N3O. The van der Waals surface area contributed by atoms with Crippen LogP contribution < -0.4 is 10.6 Å². The molecule has 0 bridgehead atoms. The van der Waals surface area contributed by atoms with Gasteiger partial charge in [-0.2, -0.15) is 5.26 Å². The summed E-state index contributed by atoms with van der Waals surface area (Å²) in [6.45, 7) is 4.60. The summed E-state index contributed by atoms with van der Waals surface area (Å²) in [5.74, 6) is -0.342. The minimum atomic E-state index is -0.342. The van der Waals surface area contributed by atoms with Crippen molar-refractivity contribution < 1.29 is 4.79 Å². The van der Waals surface area contributed by atoms with Crippen LogP contribution in [-0.2, 0) is 11.2 Å². The Hall–Kier alpha value is -2.28. The molecule has 0 aliphatic carbocycles. The summed E-state index contributed by atoms with van der Waals surface area (Å²) in [4.78, 5) is 11.7. The van der Waals surface area contributed by atoms with Crippen LogP contribution in [0.2, 0.25) is 0 Å². The van der Waals surface area contributed by atoms with Crippen molar-refractivity contribution in [2.24, 2.45) is 0 Å². The average Bonchev–Trinajstić information content (AvgIpc) is 2.46. The highest BCUT2D eigenvalue weighted by molar-refractivity contribution is 5.97. The number of benzene rings is 1. The van der Waals surface area contributed by atoms with Crippen LogP contribution in [0.25, 0.3) is 0 Å². The van der Waals surface area contributed by atoms with Gasteiger partial charge < -0.3 is 10.6 Å². The van der Waals surface area contributed by atoms with Gasteiger partial charge in [-0.3, -0.25) is 4.79 Å². The first-order valence-electron chi connectivity index (χ1n) is 6.45. The minimum Gasteiger partial charge on any atom is -0.360 e. The number of hydrogen-bond donors (Lipinski definition) is 2. The number of para-hydroxylation sites is 1. The van der Waals surface area contributed by atoms with Crippen LogP contribution in [-0.4, -0.2) is 12.5 Å². The molecule has 19 heavy (non-hydrogen) atoms. The molecule has 0 fully saturated rings. The lowest BCUT2D eigenvalue weighted by atomic mass is 10.1. The smallest absolute Gasteiger partial charge is 0.263 e. The van der Waals surface area contributed by atoms with E-state index < -0.39 is 0 Å². The van der Waals surface area contributed by atoms with Crippen LogP contribution in [0.3, 0.4) is 0 Å². The van der Waals surface area contributed by atoms with Crippen molar-refractivity contribution >= 4 is 11.6 Å². The molecule has 0 unspecified atom stereocenters. The summed E-state index contributed by atoms with van der Waals surface area (Å²) >= 11 is 0. The number of aryl methyl sites for hydroxylation is 1. The first kappa shape index (κ1) is 14.8. The third kappa shape index (κ3) is 4.47. The summed E-state index contributed by atoms with van der Waals surface area (Å²) in [5, 5.41) is 14.7. The van der Waals surface area contributed by atoms with Gasteiger partial charge >= 0.3 is 0 Å². The number of nitrogens with zero attached hydrogens (tertiary/aromatic N) is 1. The van der Waals surface area contributed by atoms with E-state index in [9.17, 15) is 4.79 Å². The van der Waals surface area contributed by atoms with Crippen LogP contribution in [0.5, 0.6) is 0 Å². The molecule has 1 amide bonds. The van der Waals surface area contributed by atoms with Crippen LogP contribution in [0, 0.1) is 11.3 Å². The molecule has 0 atom stereocenters. The highest BCUT2D eigenvalue weighted by Crippen LogP contribution is 2.15. The van der Waals surface area contributed by atoms with Crippen LogP contribution in [0.1, 0.15) is 25.8 Å². The first-order chi connectivity index (χ1) is 9.22. The van der Waals surface area contributed by atoms with Crippen LogP contribution in [0.15, 0.2) is 36.0 Å². The van der Waals surface area contributed by atoms with Crippen molar-refractivity contribution in [2.45, 2.75) is 26.7 Å². The molecule has 4 heteroatoms. The lowest BCUT2D eigenvalue weighted by molar-refractivity contribution is -0.117. The Bertz CT molecular complexity index is 500. The fraction of sp³-hybridized carbons (Fsp3) is 0.333. The summed E-state index contributed by atoms with van der Waals surface area (Å²) in [6.07, 6.45) is 3.19. The minimum absolute atomic E-state index is 0.0827. The van der Waals surface area contributed by atoms with Crippen molar-refractivity contribution in [3.63, 3.8) is 0 Å². The Morgan fingerprint density at radius 2 is 2.11 bits per heavy atom. The molecule has 100 valence electrons. The van der Waals surface area contributed by atoms with Gasteiger partial charge in [-0.15, -0.1) is 0 Å². The monoisotopic (exact) mass is 257 g/mol. The SMILES string of the molecule is CCCNC(=O)/C(C#N)=C\Nc1ccccc1CC. The molecule has 1 aromatic carbocycles. The molecular weight excluding hydrogens is 238 g/mol. The topological polar surface area (TPSA) is 64.9 Å². The van der Waals surface area contributed by atoms with Crippen LogP contribution in [0.4, 0.5) is 5.69 Å². The van der Waals surface area contributed by atoms with Gasteiger partial charge in [-0.25, -0.2) is 0 Å². The third-order valence-electron chi connectivity index (χ3n) is 2.67. The zero-order chi connectivity index (χ0) is 14.1. The number of amides is 1. The maximum absolute atomic E-state index is 11.7. The molecule has 1 aromatic rings. The highest BCUT2D eigenvalue weighted by atomic mass is 16.1. The maximum Gasteiger partial charge on any atom is 0.263 e. The molecule has 0 aliphatic heterocycles. The van der Waals surface area contributed by atoms with E-state index >= 15 is 0 Å². The van der Waals surface area contributed by atoms with Gasteiger partial charge in [0.1, 0.15) is 11.6 Å². The predicted molar refractivity (Wildman–Crippen MR) is 76.4 cm³/mol. The maximum atomic E-state index is 11.7. The zero-order valence-corrected chi connectivity index (χ0v) is 11.4. The summed E-state index contributed by atoms with van der Waals surface area (Å²) in [6, 6.07) is 9.72. The standard InChI is InChI=1S/C15H19N3O/c1-3-9-17-15(19)13(10-16)11-18-14-8-6-5-7-12(14)4-2/h5-8,11,18H,3-4,9H2,1-2H3,(H,17,19)/b13-11-. The average molecular weight is 257 g/mol. The number of carbonyl (C=O) groups is 1. The van der Waals surface area contributed by atoms with Crippen molar-refractivity contribution in [1.29, 1.82) is 5.26 Å². The van der Waals surface area contributed by atoms with E-state index in [1.807, 2.05) is 37.3 Å². The molecule has 1 rings (SSSR count). The van der Waals surface area contributed by atoms with Gasteiger partial charge in [0.05, 0.1) is 0 Å². The fourth-order valence-electron chi connectivity index (χ4n) is 1.60. The van der Waals surface area contributed by atoms with Crippen molar-refractivity contribution in [2.75, 3.05) is 11.9 Å². The number of anilines is 1. The van der Waals surface area contributed by atoms with Crippen LogP contribution >= 0.6 is 0 Å². The second kappa shape index (κ2) is 7.93. The van der Waals surface area contributed by atoms with Gasteiger partial charge in [0.15, 0.2) is 0 Å².